The molecule has 0 aliphatic heterocycles. The molecule has 0 spiro atoms. The van der Waals surface area contributed by atoms with Gasteiger partial charge in [0, 0.05) is 5.56 Å². The van der Waals surface area contributed by atoms with Crippen LogP contribution in [-0.4, -0.2) is 28.2 Å². The Labute approximate surface area is 142 Å². The van der Waals surface area contributed by atoms with Gasteiger partial charge in [0.05, 0.1) is 22.7 Å². The summed E-state index contributed by atoms with van der Waals surface area (Å²) in [5.74, 6) is -1.82. The first kappa shape index (κ1) is 17.2. The fraction of sp³-hybridized carbons (Fsp3) is 0.188. The maximum absolute atomic E-state index is 12.8. The Morgan fingerprint density at radius 2 is 1.61 bits per heavy atom. The maximum atomic E-state index is 12.8. The molecule has 122 valence electrons. The molecule has 2 aromatic rings. The van der Waals surface area contributed by atoms with Gasteiger partial charge in [-0.15, -0.1) is 0 Å². The highest BCUT2D eigenvalue weighted by atomic mass is 35.5. The summed E-state index contributed by atoms with van der Waals surface area (Å²) in [7, 11) is 1.28. The SMILES string of the molecule is COc1c(Cl)cc(Cl)c(O)c1C(=O)c1c(O)cc(C)c(O)c1C. The molecular weight excluding hydrogens is 343 g/mol. The normalized spacial score (nSPS) is 10.7. The van der Waals surface area contributed by atoms with Crippen LogP contribution in [0.4, 0.5) is 0 Å². The van der Waals surface area contributed by atoms with E-state index in [1.165, 1.54) is 26.2 Å². The number of carbonyl (C=O) groups excluding carboxylic acids is 1. The Morgan fingerprint density at radius 3 is 2.17 bits per heavy atom. The van der Waals surface area contributed by atoms with Crippen molar-refractivity contribution in [1.82, 2.24) is 0 Å². The fourth-order valence-electron chi connectivity index (χ4n) is 2.37. The number of aryl methyl sites for hydroxylation is 1. The van der Waals surface area contributed by atoms with Gasteiger partial charge in [0.25, 0.3) is 0 Å². The van der Waals surface area contributed by atoms with Gasteiger partial charge in [-0.1, -0.05) is 23.2 Å². The van der Waals surface area contributed by atoms with Crippen LogP contribution in [0, 0.1) is 13.8 Å². The summed E-state index contributed by atoms with van der Waals surface area (Å²) in [4.78, 5) is 12.8. The van der Waals surface area contributed by atoms with Gasteiger partial charge in [-0.2, -0.15) is 0 Å². The molecule has 0 saturated carbocycles. The van der Waals surface area contributed by atoms with Gasteiger partial charge in [0.15, 0.2) is 5.75 Å². The monoisotopic (exact) mass is 356 g/mol. The maximum Gasteiger partial charge on any atom is 0.204 e. The summed E-state index contributed by atoms with van der Waals surface area (Å²) in [5, 5.41) is 30.1. The first-order valence-electron chi connectivity index (χ1n) is 6.52. The number of hydrogen-bond acceptors (Lipinski definition) is 5. The quantitative estimate of drug-likeness (QED) is 0.572. The number of rotatable bonds is 3. The average molecular weight is 357 g/mol. The van der Waals surface area contributed by atoms with E-state index in [0.717, 1.165) is 0 Å². The predicted molar refractivity (Wildman–Crippen MR) is 87.4 cm³/mol. The van der Waals surface area contributed by atoms with Crippen LogP contribution in [0.5, 0.6) is 23.0 Å². The lowest BCUT2D eigenvalue weighted by Gasteiger charge is -2.16. The molecule has 0 aromatic heterocycles. The summed E-state index contributed by atoms with van der Waals surface area (Å²) in [6, 6.07) is 2.50. The molecule has 0 bridgehead atoms. The molecule has 0 aliphatic rings. The Balaban J connectivity index is 2.80. The van der Waals surface area contributed by atoms with Crippen LogP contribution >= 0.6 is 23.2 Å². The van der Waals surface area contributed by atoms with Crippen molar-refractivity contribution in [2.24, 2.45) is 0 Å². The van der Waals surface area contributed by atoms with Crippen LogP contribution in [0.3, 0.4) is 0 Å². The summed E-state index contributed by atoms with van der Waals surface area (Å²) in [6.45, 7) is 3.07. The molecule has 0 radical (unpaired) electrons. The van der Waals surface area contributed by atoms with E-state index in [2.05, 4.69) is 0 Å². The minimum absolute atomic E-state index is 0.0344. The van der Waals surface area contributed by atoms with Crippen LogP contribution < -0.4 is 4.74 Å². The fourth-order valence-corrected chi connectivity index (χ4v) is 2.91. The molecule has 0 saturated heterocycles. The molecule has 2 aromatic carbocycles. The first-order valence-corrected chi connectivity index (χ1v) is 7.28. The number of benzene rings is 2. The molecule has 0 unspecified atom stereocenters. The van der Waals surface area contributed by atoms with E-state index in [0.29, 0.717) is 5.56 Å². The molecule has 0 aliphatic carbocycles. The highest BCUT2D eigenvalue weighted by Crippen LogP contribution is 2.43. The lowest BCUT2D eigenvalue weighted by molar-refractivity contribution is 0.103. The van der Waals surface area contributed by atoms with Crippen molar-refractivity contribution in [2.75, 3.05) is 7.11 Å². The zero-order chi connectivity index (χ0) is 17.5. The van der Waals surface area contributed by atoms with Crippen molar-refractivity contribution < 1.29 is 24.9 Å². The second-order valence-corrected chi connectivity index (χ2v) is 5.80. The summed E-state index contributed by atoms with van der Waals surface area (Å²) < 4.78 is 5.07. The molecule has 0 fully saturated rings. The van der Waals surface area contributed by atoms with Crippen molar-refractivity contribution in [1.29, 1.82) is 0 Å². The number of phenols is 3. The molecule has 5 nitrogen and oxygen atoms in total. The number of ketones is 1. The van der Waals surface area contributed by atoms with Crippen molar-refractivity contribution in [2.45, 2.75) is 13.8 Å². The summed E-state index contributed by atoms with van der Waals surface area (Å²) >= 11 is 11.9. The largest absolute Gasteiger partial charge is 0.507 e. The van der Waals surface area contributed by atoms with Crippen molar-refractivity contribution >= 4 is 29.0 Å². The van der Waals surface area contributed by atoms with Gasteiger partial charge in [-0.05, 0) is 31.5 Å². The molecule has 0 heterocycles. The number of halogens is 2. The molecular formula is C16H14Cl2O5. The van der Waals surface area contributed by atoms with Crippen LogP contribution in [0.25, 0.3) is 0 Å². The van der Waals surface area contributed by atoms with Crippen LogP contribution in [-0.2, 0) is 0 Å². The third kappa shape index (κ3) is 2.78. The lowest BCUT2D eigenvalue weighted by atomic mass is 9.94. The zero-order valence-electron chi connectivity index (χ0n) is 12.6. The Bertz CT molecular complexity index is 815. The molecule has 2 rings (SSSR count). The van der Waals surface area contributed by atoms with Crippen LogP contribution in [0.2, 0.25) is 10.0 Å². The van der Waals surface area contributed by atoms with Crippen LogP contribution in [0.15, 0.2) is 12.1 Å². The van der Waals surface area contributed by atoms with Gasteiger partial charge in [0.1, 0.15) is 22.8 Å². The number of carbonyl (C=O) groups is 1. The lowest BCUT2D eigenvalue weighted by Crippen LogP contribution is -2.08. The third-order valence-corrected chi connectivity index (χ3v) is 4.10. The molecule has 0 atom stereocenters. The molecule has 7 heteroatoms. The van der Waals surface area contributed by atoms with Crippen LogP contribution in [0.1, 0.15) is 27.0 Å². The van der Waals surface area contributed by atoms with Gasteiger partial charge < -0.3 is 20.1 Å². The molecule has 23 heavy (non-hydrogen) atoms. The highest BCUT2D eigenvalue weighted by molar-refractivity contribution is 6.38. The van der Waals surface area contributed by atoms with Crippen molar-refractivity contribution in [3.8, 4) is 23.0 Å². The van der Waals surface area contributed by atoms with Crippen molar-refractivity contribution in [3.05, 3.63) is 44.4 Å². The van der Waals surface area contributed by atoms with E-state index in [1.807, 2.05) is 0 Å². The van der Waals surface area contributed by atoms with Gasteiger partial charge in [-0.3, -0.25) is 4.79 Å². The Hall–Kier alpha value is -2.11. The van der Waals surface area contributed by atoms with E-state index in [9.17, 15) is 20.1 Å². The highest BCUT2D eigenvalue weighted by Gasteiger charge is 2.28. The smallest absolute Gasteiger partial charge is 0.204 e. The van der Waals surface area contributed by atoms with E-state index in [1.54, 1.807) is 6.92 Å². The average Bonchev–Trinajstić information content (AvgIpc) is 2.48. The topological polar surface area (TPSA) is 87.0 Å². The standard InChI is InChI=1S/C16H14Cl2O5/c1-6-4-10(19)11(7(2)13(6)20)15(22)12-14(21)8(17)5-9(18)16(12)23-3/h4-5,19-21H,1-3H3. The minimum Gasteiger partial charge on any atom is -0.507 e. The summed E-state index contributed by atoms with van der Waals surface area (Å²) in [5.41, 5.74) is 0.133. The van der Waals surface area contributed by atoms with Gasteiger partial charge in [-0.25, -0.2) is 0 Å². The van der Waals surface area contributed by atoms with E-state index in [-0.39, 0.29) is 44.0 Å². The number of aromatic hydroxyl groups is 3. The Morgan fingerprint density at radius 1 is 1.00 bits per heavy atom. The molecule has 0 amide bonds. The van der Waals surface area contributed by atoms with Crippen molar-refractivity contribution in [3.63, 3.8) is 0 Å². The first-order chi connectivity index (χ1) is 10.7. The number of phenolic OH excluding ortho intramolecular Hbond substituents is 3. The van der Waals surface area contributed by atoms with Gasteiger partial charge in [0.2, 0.25) is 5.78 Å². The second kappa shape index (κ2) is 6.18. The predicted octanol–water partition coefficient (Wildman–Crippen LogP) is 3.97. The Kier molecular flexibility index (Phi) is 4.63. The summed E-state index contributed by atoms with van der Waals surface area (Å²) in [6.07, 6.45) is 0. The van der Waals surface area contributed by atoms with E-state index in [4.69, 9.17) is 27.9 Å². The second-order valence-electron chi connectivity index (χ2n) is 4.99. The number of ether oxygens (including phenoxy) is 1. The third-order valence-electron chi connectivity index (χ3n) is 3.53. The van der Waals surface area contributed by atoms with E-state index >= 15 is 0 Å². The van der Waals surface area contributed by atoms with E-state index < -0.39 is 11.5 Å². The number of methoxy groups -OCH3 is 1. The minimum atomic E-state index is -0.769. The number of hydrogen-bond donors (Lipinski definition) is 3. The van der Waals surface area contributed by atoms with Gasteiger partial charge >= 0.3 is 0 Å². The molecule has 3 N–H and O–H groups in total. The zero-order valence-corrected chi connectivity index (χ0v) is 14.1.